The van der Waals surface area contributed by atoms with Crippen LogP contribution in [0.1, 0.15) is 41.5 Å². The number of hydrogen-bond donors (Lipinski definition) is 1. The fraction of sp³-hybridized carbons (Fsp3) is 0.524. The van der Waals surface area contributed by atoms with Crippen LogP contribution in [-0.2, 0) is 11.3 Å². The summed E-state index contributed by atoms with van der Waals surface area (Å²) in [5.74, 6) is 1.36. The van der Waals surface area contributed by atoms with Crippen LogP contribution in [-0.4, -0.2) is 35.5 Å². The third-order valence-corrected chi connectivity index (χ3v) is 6.29. The Kier molecular flexibility index (Phi) is 6.50. The standard InChI is InChI=1S/C21H29N3O2S/c1-14-7-9-24(10-8-14)12-19-17(4)22-21(27-19)23-20(25)13-26-18-6-5-15(2)16(3)11-18/h5-6,11,14H,7-10,12-13H2,1-4H3,(H,22,23,25). The minimum absolute atomic E-state index is 0.0134. The van der Waals surface area contributed by atoms with Crippen LogP contribution in [0.3, 0.4) is 0 Å². The molecule has 1 aliphatic heterocycles. The van der Waals surface area contributed by atoms with E-state index in [9.17, 15) is 4.79 Å². The Balaban J connectivity index is 1.51. The molecule has 3 rings (SSSR count). The van der Waals surface area contributed by atoms with Crippen LogP contribution in [0.25, 0.3) is 0 Å². The van der Waals surface area contributed by atoms with Crippen molar-refractivity contribution in [3.05, 3.63) is 39.9 Å². The highest BCUT2D eigenvalue weighted by atomic mass is 32.1. The number of piperidine rings is 1. The minimum atomic E-state index is -0.180. The minimum Gasteiger partial charge on any atom is -0.484 e. The van der Waals surface area contributed by atoms with Crippen molar-refractivity contribution in [2.75, 3.05) is 25.0 Å². The van der Waals surface area contributed by atoms with Crippen molar-refractivity contribution in [3.8, 4) is 5.75 Å². The predicted octanol–water partition coefficient (Wildman–Crippen LogP) is 4.32. The lowest BCUT2D eigenvalue weighted by Gasteiger charge is -2.29. The largest absolute Gasteiger partial charge is 0.484 e. The lowest BCUT2D eigenvalue weighted by molar-refractivity contribution is -0.118. The van der Waals surface area contributed by atoms with Crippen molar-refractivity contribution >= 4 is 22.4 Å². The van der Waals surface area contributed by atoms with Gasteiger partial charge in [-0.15, -0.1) is 11.3 Å². The summed E-state index contributed by atoms with van der Waals surface area (Å²) in [6, 6.07) is 5.84. The highest BCUT2D eigenvalue weighted by Gasteiger charge is 2.18. The molecule has 2 aromatic rings. The molecule has 0 bridgehead atoms. The number of benzene rings is 1. The molecule has 1 fully saturated rings. The van der Waals surface area contributed by atoms with Gasteiger partial charge in [-0.3, -0.25) is 15.0 Å². The molecule has 1 aliphatic rings. The molecule has 27 heavy (non-hydrogen) atoms. The van der Waals surface area contributed by atoms with Crippen LogP contribution in [0.15, 0.2) is 18.2 Å². The number of carbonyl (C=O) groups is 1. The number of ether oxygens (including phenoxy) is 1. The van der Waals surface area contributed by atoms with Gasteiger partial charge < -0.3 is 4.74 Å². The van der Waals surface area contributed by atoms with Crippen LogP contribution < -0.4 is 10.1 Å². The zero-order valence-corrected chi connectivity index (χ0v) is 17.5. The average Bonchev–Trinajstić information content (AvgIpc) is 2.97. The molecule has 1 N–H and O–H groups in total. The summed E-state index contributed by atoms with van der Waals surface area (Å²) < 4.78 is 5.60. The Morgan fingerprint density at radius 3 is 2.70 bits per heavy atom. The van der Waals surface area contributed by atoms with E-state index in [1.54, 1.807) is 11.3 Å². The van der Waals surface area contributed by atoms with Crippen molar-refractivity contribution in [2.24, 2.45) is 5.92 Å². The number of amides is 1. The fourth-order valence-electron chi connectivity index (χ4n) is 3.16. The lowest BCUT2D eigenvalue weighted by Crippen LogP contribution is -2.32. The molecule has 0 spiro atoms. The molecule has 0 saturated carbocycles. The number of nitrogens with one attached hydrogen (secondary N) is 1. The van der Waals surface area contributed by atoms with Crippen LogP contribution in [0.5, 0.6) is 5.75 Å². The molecule has 6 heteroatoms. The smallest absolute Gasteiger partial charge is 0.264 e. The number of rotatable bonds is 6. The van der Waals surface area contributed by atoms with Gasteiger partial charge in [-0.2, -0.15) is 0 Å². The van der Waals surface area contributed by atoms with Crippen molar-refractivity contribution in [2.45, 2.75) is 47.1 Å². The van der Waals surface area contributed by atoms with Gasteiger partial charge in [0.15, 0.2) is 11.7 Å². The maximum absolute atomic E-state index is 12.2. The molecular weight excluding hydrogens is 358 g/mol. The molecule has 2 heterocycles. The van der Waals surface area contributed by atoms with E-state index in [1.807, 2.05) is 32.0 Å². The fourth-order valence-corrected chi connectivity index (χ4v) is 4.18. The summed E-state index contributed by atoms with van der Waals surface area (Å²) in [5.41, 5.74) is 3.37. The maximum atomic E-state index is 12.2. The normalized spacial score (nSPS) is 15.7. The van der Waals surface area contributed by atoms with Gasteiger partial charge in [0.1, 0.15) is 5.75 Å². The van der Waals surface area contributed by atoms with Crippen LogP contribution in [0.4, 0.5) is 5.13 Å². The predicted molar refractivity (Wildman–Crippen MR) is 111 cm³/mol. The summed E-state index contributed by atoms with van der Waals surface area (Å²) in [6.07, 6.45) is 2.52. The number of hydrogen-bond acceptors (Lipinski definition) is 5. The van der Waals surface area contributed by atoms with E-state index in [0.717, 1.165) is 36.8 Å². The lowest BCUT2D eigenvalue weighted by atomic mass is 9.99. The van der Waals surface area contributed by atoms with E-state index < -0.39 is 0 Å². The molecule has 1 amide bonds. The average molecular weight is 388 g/mol. The molecule has 1 aromatic carbocycles. The number of anilines is 1. The highest BCUT2D eigenvalue weighted by molar-refractivity contribution is 7.15. The van der Waals surface area contributed by atoms with Gasteiger partial charge in [-0.1, -0.05) is 13.0 Å². The maximum Gasteiger partial charge on any atom is 0.264 e. The van der Waals surface area contributed by atoms with Crippen molar-refractivity contribution in [1.82, 2.24) is 9.88 Å². The van der Waals surface area contributed by atoms with Gasteiger partial charge in [0.05, 0.1) is 5.69 Å². The number of carbonyl (C=O) groups excluding carboxylic acids is 1. The summed E-state index contributed by atoms with van der Waals surface area (Å²) in [7, 11) is 0. The van der Waals surface area contributed by atoms with E-state index in [4.69, 9.17) is 4.74 Å². The Morgan fingerprint density at radius 1 is 1.26 bits per heavy atom. The third kappa shape index (κ3) is 5.53. The first-order valence-electron chi connectivity index (χ1n) is 9.59. The first kappa shape index (κ1) is 19.8. The Bertz CT molecular complexity index is 795. The highest BCUT2D eigenvalue weighted by Crippen LogP contribution is 2.26. The second-order valence-corrected chi connectivity index (χ2v) is 8.65. The van der Waals surface area contributed by atoms with Crippen molar-refractivity contribution < 1.29 is 9.53 Å². The summed E-state index contributed by atoms with van der Waals surface area (Å²) in [4.78, 5) is 20.4. The van der Waals surface area contributed by atoms with Gasteiger partial charge in [0.25, 0.3) is 5.91 Å². The summed E-state index contributed by atoms with van der Waals surface area (Å²) >= 11 is 1.57. The van der Waals surface area contributed by atoms with Crippen molar-refractivity contribution in [1.29, 1.82) is 0 Å². The molecular formula is C21H29N3O2S. The number of nitrogens with zero attached hydrogens (tertiary/aromatic N) is 2. The second-order valence-electron chi connectivity index (χ2n) is 7.57. The second kappa shape index (κ2) is 8.85. The first-order chi connectivity index (χ1) is 12.9. The number of likely N-dealkylation sites (tertiary alicyclic amines) is 1. The zero-order chi connectivity index (χ0) is 19.4. The number of thiazole rings is 1. The van der Waals surface area contributed by atoms with Gasteiger partial charge in [0.2, 0.25) is 0 Å². The van der Waals surface area contributed by atoms with E-state index in [0.29, 0.717) is 10.9 Å². The SMILES string of the molecule is Cc1ccc(OCC(=O)Nc2nc(C)c(CN3CCC(C)CC3)s2)cc1C. The zero-order valence-electron chi connectivity index (χ0n) is 16.7. The molecule has 0 atom stereocenters. The Morgan fingerprint density at radius 2 is 2.00 bits per heavy atom. The monoisotopic (exact) mass is 387 g/mol. The number of aromatic nitrogens is 1. The molecule has 0 aliphatic carbocycles. The first-order valence-corrected chi connectivity index (χ1v) is 10.4. The Hall–Kier alpha value is -1.92. The van der Waals surface area contributed by atoms with Crippen LogP contribution in [0.2, 0.25) is 0 Å². The van der Waals surface area contributed by atoms with E-state index >= 15 is 0 Å². The molecule has 0 radical (unpaired) electrons. The molecule has 1 saturated heterocycles. The topological polar surface area (TPSA) is 54.5 Å². The van der Waals surface area contributed by atoms with Gasteiger partial charge in [-0.05, 0) is 75.9 Å². The molecule has 146 valence electrons. The van der Waals surface area contributed by atoms with Crippen LogP contribution in [0, 0.1) is 26.7 Å². The summed E-state index contributed by atoms with van der Waals surface area (Å²) in [5, 5.41) is 3.52. The summed E-state index contributed by atoms with van der Waals surface area (Å²) in [6.45, 7) is 11.6. The van der Waals surface area contributed by atoms with E-state index in [-0.39, 0.29) is 12.5 Å². The Labute approximate surface area is 165 Å². The molecule has 1 aromatic heterocycles. The van der Waals surface area contributed by atoms with Gasteiger partial charge in [0, 0.05) is 11.4 Å². The van der Waals surface area contributed by atoms with E-state index in [2.05, 4.69) is 29.0 Å². The molecule has 5 nitrogen and oxygen atoms in total. The third-order valence-electron chi connectivity index (χ3n) is 5.23. The van der Waals surface area contributed by atoms with Gasteiger partial charge >= 0.3 is 0 Å². The van der Waals surface area contributed by atoms with Crippen molar-refractivity contribution in [3.63, 3.8) is 0 Å². The van der Waals surface area contributed by atoms with Gasteiger partial charge in [-0.25, -0.2) is 4.98 Å². The van der Waals surface area contributed by atoms with E-state index in [1.165, 1.54) is 23.3 Å². The van der Waals surface area contributed by atoms with Crippen LogP contribution >= 0.6 is 11.3 Å². The number of aryl methyl sites for hydroxylation is 3. The molecule has 0 unspecified atom stereocenters. The quantitative estimate of drug-likeness (QED) is 0.802.